The molecule has 0 aliphatic heterocycles. The van der Waals surface area contributed by atoms with Crippen LogP contribution < -0.4 is 5.73 Å². The minimum atomic E-state index is -0.908. The van der Waals surface area contributed by atoms with Crippen molar-refractivity contribution in [1.29, 1.82) is 0 Å². The summed E-state index contributed by atoms with van der Waals surface area (Å²) in [6.07, 6.45) is 8.47. The highest BCUT2D eigenvalue weighted by Gasteiger charge is 2.67. The first kappa shape index (κ1) is 23.8. The van der Waals surface area contributed by atoms with Crippen LogP contribution in [0.5, 0.6) is 0 Å². The smallest absolute Gasteiger partial charge is 0.404 e. The van der Waals surface area contributed by atoms with Crippen molar-refractivity contribution in [2.24, 2.45) is 34.3 Å². The number of rotatable bonds is 4. The van der Waals surface area contributed by atoms with Crippen molar-refractivity contribution in [3.05, 3.63) is 46.0 Å². The van der Waals surface area contributed by atoms with Crippen molar-refractivity contribution in [1.82, 2.24) is 0 Å². The van der Waals surface area contributed by atoms with E-state index in [9.17, 15) is 14.4 Å². The summed E-state index contributed by atoms with van der Waals surface area (Å²) in [5.41, 5.74) is 6.79. The molecule has 5 nitrogen and oxygen atoms in total. The van der Waals surface area contributed by atoms with Crippen LogP contribution >= 0.6 is 15.9 Å². The second kappa shape index (κ2) is 8.32. The van der Waals surface area contributed by atoms with Crippen molar-refractivity contribution in [2.75, 3.05) is 6.61 Å². The Morgan fingerprint density at radius 3 is 2.44 bits per heavy atom. The number of benzene rings is 1. The number of amides is 1. The summed E-state index contributed by atoms with van der Waals surface area (Å²) in [6.45, 7) is 4.41. The quantitative estimate of drug-likeness (QED) is 0.529. The average molecular weight is 528 g/mol. The number of ketones is 2. The second-order valence-corrected chi connectivity index (χ2v) is 12.3. The van der Waals surface area contributed by atoms with Gasteiger partial charge in [0.1, 0.15) is 0 Å². The number of carbonyl (C=O) groups is 3. The highest BCUT2D eigenvalue weighted by atomic mass is 79.9. The number of halogens is 1. The Kier molecular flexibility index (Phi) is 5.82. The summed E-state index contributed by atoms with van der Waals surface area (Å²) in [4.78, 5) is 37.4. The molecule has 3 saturated carbocycles. The molecule has 5 rings (SSSR count). The SMILES string of the molecule is C[C@]12CCC(=O)C=C1CC[C@@H]1[C@@H]2CC[C@@]2(C)[C@H]1CC[C@@]2(C(=O)COC(N)=O)c1ccc(Br)cc1. The van der Waals surface area contributed by atoms with Gasteiger partial charge in [0.25, 0.3) is 0 Å². The van der Waals surface area contributed by atoms with Crippen LogP contribution in [0, 0.1) is 28.6 Å². The molecule has 0 aromatic heterocycles. The van der Waals surface area contributed by atoms with Crippen molar-refractivity contribution in [3.8, 4) is 0 Å². The molecule has 0 bridgehead atoms. The molecule has 0 radical (unpaired) electrons. The minimum absolute atomic E-state index is 0.0389. The second-order valence-electron chi connectivity index (χ2n) is 11.4. The number of hydrogen-bond acceptors (Lipinski definition) is 4. The maximum atomic E-state index is 13.9. The lowest BCUT2D eigenvalue weighted by Crippen LogP contribution is -2.56. The van der Waals surface area contributed by atoms with Gasteiger partial charge in [-0.15, -0.1) is 0 Å². The Bertz CT molecular complexity index is 1060. The number of hydrogen-bond donors (Lipinski definition) is 1. The number of carbonyl (C=O) groups excluding carboxylic acids is 3. The van der Waals surface area contributed by atoms with Crippen LogP contribution in [0.15, 0.2) is 40.4 Å². The number of Topliss-reactive ketones (excluding diaryl/α,β-unsaturated/α-hetero) is 1. The zero-order valence-electron chi connectivity index (χ0n) is 20.1. The highest BCUT2D eigenvalue weighted by molar-refractivity contribution is 9.10. The molecule has 2 N–H and O–H groups in total. The third-order valence-corrected chi connectivity index (χ3v) is 10.8. The first-order chi connectivity index (χ1) is 16.1. The van der Waals surface area contributed by atoms with Crippen LogP contribution in [0.1, 0.15) is 70.8 Å². The topological polar surface area (TPSA) is 86.5 Å². The standard InChI is InChI=1S/C28H34BrNO4/c1-26-12-9-20(31)15-18(26)5-8-21-22(26)10-13-27(2)23(21)11-14-28(27,24(32)16-34-25(30)33)17-3-6-19(29)7-4-17/h3-4,6-7,15,21-23H,5,8-14,16H2,1-2H3,(H2,30,33)/t21-,22+,23+,26+,27+,28+/m1/s1. The molecule has 6 atom stereocenters. The van der Waals surface area contributed by atoms with Crippen molar-refractivity contribution in [2.45, 2.75) is 70.6 Å². The Morgan fingerprint density at radius 2 is 1.74 bits per heavy atom. The maximum absolute atomic E-state index is 13.9. The molecule has 1 amide bonds. The Balaban J connectivity index is 1.54. The van der Waals surface area contributed by atoms with E-state index in [2.05, 4.69) is 41.9 Å². The lowest BCUT2D eigenvalue weighted by atomic mass is 9.44. The molecule has 34 heavy (non-hydrogen) atoms. The fraction of sp³-hybridized carbons (Fsp3) is 0.607. The van der Waals surface area contributed by atoms with Gasteiger partial charge < -0.3 is 10.5 Å². The monoisotopic (exact) mass is 527 g/mol. The normalized spacial score (nSPS) is 38.9. The van der Waals surface area contributed by atoms with Gasteiger partial charge in [-0.1, -0.05) is 47.5 Å². The van der Waals surface area contributed by atoms with Gasteiger partial charge in [-0.2, -0.15) is 0 Å². The zero-order valence-corrected chi connectivity index (χ0v) is 21.7. The average Bonchev–Trinajstić information content (AvgIpc) is 3.12. The predicted octanol–water partition coefficient (Wildman–Crippen LogP) is 5.88. The summed E-state index contributed by atoms with van der Waals surface area (Å²) >= 11 is 3.53. The van der Waals surface area contributed by atoms with E-state index in [4.69, 9.17) is 10.5 Å². The molecule has 4 aliphatic rings. The third kappa shape index (κ3) is 3.35. The molecule has 3 fully saturated rings. The molecule has 4 aliphatic carbocycles. The molecule has 0 heterocycles. The van der Waals surface area contributed by atoms with Crippen LogP contribution in [-0.2, 0) is 19.7 Å². The molecule has 6 heteroatoms. The predicted molar refractivity (Wildman–Crippen MR) is 133 cm³/mol. The number of ether oxygens (including phenoxy) is 1. The van der Waals surface area contributed by atoms with Gasteiger partial charge in [-0.3, -0.25) is 9.59 Å². The summed E-state index contributed by atoms with van der Waals surface area (Å²) < 4.78 is 6.03. The molecule has 1 aromatic carbocycles. The molecule has 0 saturated heterocycles. The van der Waals surface area contributed by atoms with Crippen LogP contribution in [-0.4, -0.2) is 24.3 Å². The third-order valence-electron chi connectivity index (χ3n) is 10.3. The van der Waals surface area contributed by atoms with Crippen LogP contribution in [0.3, 0.4) is 0 Å². The zero-order chi connectivity index (χ0) is 24.3. The Hall–Kier alpha value is -1.95. The van der Waals surface area contributed by atoms with Gasteiger partial charge in [0.2, 0.25) is 0 Å². The van der Waals surface area contributed by atoms with Gasteiger partial charge in [0.15, 0.2) is 18.2 Å². The molecule has 1 aromatic rings. The van der Waals surface area contributed by atoms with E-state index in [-0.39, 0.29) is 29.0 Å². The van der Waals surface area contributed by atoms with Crippen molar-refractivity contribution < 1.29 is 19.1 Å². The van der Waals surface area contributed by atoms with Gasteiger partial charge in [-0.05, 0) is 97.3 Å². The Morgan fingerprint density at radius 1 is 1.03 bits per heavy atom. The van der Waals surface area contributed by atoms with Gasteiger partial charge in [0, 0.05) is 10.9 Å². The first-order valence-corrected chi connectivity index (χ1v) is 13.4. The Labute approximate surface area is 210 Å². The van der Waals surface area contributed by atoms with E-state index >= 15 is 0 Å². The van der Waals surface area contributed by atoms with E-state index < -0.39 is 11.5 Å². The van der Waals surface area contributed by atoms with E-state index in [1.807, 2.05) is 18.2 Å². The van der Waals surface area contributed by atoms with Crippen LogP contribution in [0.4, 0.5) is 4.79 Å². The van der Waals surface area contributed by atoms with Gasteiger partial charge in [-0.25, -0.2) is 4.79 Å². The molecule has 0 spiro atoms. The number of primary amides is 1. The summed E-state index contributed by atoms with van der Waals surface area (Å²) in [6, 6.07) is 8.11. The number of nitrogens with two attached hydrogens (primary N) is 1. The minimum Gasteiger partial charge on any atom is -0.442 e. The molecular weight excluding hydrogens is 494 g/mol. The summed E-state index contributed by atoms with van der Waals surface area (Å²) in [5, 5.41) is 0. The molecular formula is C28H34BrNO4. The van der Waals surface area contributed by atoms with E-state index in [1.165, 1.54) is 5.57 Å². The fourth-order valence-electron chi connectivity index (χ4n) is 8.69. The van der Waals surface area contributed by atoms with E-state index in [0.717, 1.165) is 55.0 Å². The van der Waals surface area contributed by atoms with Crippen LogP contribution in [0.2, 0.25) is 0 Å². The van der Waals surface area contributed by atoms with Crippen molar-refractivity contribution >= 4 is 33.6 Å². The first-order valence-electron chi connectivity index (χ1n) is 12.6. The molecule has 182 valence electrons. The highest BCUT2D eigenvalue weighted by Crippen LogP contribution is 2.70. The van der Waals surface area contributed by atoms with Gasteiger partial charge >= 0.3 is 6.09 Å². The van der Waals surface area contributed by atoms with E-state index in [0.29, 0.717) is 24.2 Å². The summed E-state index contributed by atoms with van der Waals surface area (Å²) in [7, 11) is 0. The summed E-state index contributed by atoms with van der Waals surface area (Å²) in [5.74, 6) is 1.75. The lowest BCUT2D eigenvalue weighted by Gasteiger charge is -2.59. The van der Waals surface area contributed by atoms with Crippen molar-refractivity contribution in [3.63, 3.8) is 0 Å². The number of fused-ring (bicyclic) bond motifs is 5. The molecule has 0 unspecified atom stereocenters. The maximum Gasteiger partial charge on any atom is 0.404 e. The van der Waals surface area contributed by atoms with E-state index in [1.54, 1.807) is 0 Å². The van der Waals surface area contributed by atoms with Gasteiger partial charge in [0.05, 0.1) is 5.41 Å². The number of allylic oxidation sites excluding steroid dienone is 1. The largest absolute Gasteiger partial charge is 0.442 e. The van der Waals surface area contributed by atoms with Crippen LogP contribution in [0.25, 0.3) is 0 Å². The lowest BCUT2D eigenvalue weighted by molar-refractivity contribution is -0.137. The fourth-order valence-corrected chi connectivity index (χ4v) is 8.95.